The molecule has 0 radical (unpaired) electrons. The smallest absolute Gasteiger partial charge is 0.109 e. The molecule has 0 unspecified atom stereocenters. The van der Waals surface area contributed by atoms with Gasteiger partial charge in [0.05, 0.1) is 4.51 Å². The zero-order valence-electron chi connectivity index (χ0n) is 11.5. The van der Waals surface area contributed by atoms with Gasteiger partial charge in [-0.15, -0.1) is 0 Å². The second-order valence-electron chi connectivity index (χ2n) is 4.77. The SMILES string of the molecule is Cn1cc(-c2ccc(Cl)cc2)c(=S)c(-c2ccccc2)n1. The van der Waals surface area contributed by atoms with Gasteiger partial charge in [0.1, 0.15) is 5.69 Å². The van der Waals surface area contributed by atoms with E-state index in [1.54, 1.807) is 4.68 Å². The summed E-state index contributed by atoms with van der Waals surface area (Å²) >= 11 is 11.6. The van der Waals surface area contributed by atoms with Gasteiger partial charge in [-0.05, 0) is 17.7 Å². The Labute approximate surface area is 133 Å². The molecule has 0 N–H and O–H groups in total. The van der Waals surface area contributed by atoms with E-state index in [1.165, 1.54) is 0 Å². The van der Waals surface area contributed by atoms with Crippen molar-refractivity contribution < 1.29 is 0 Å². The van der Waals surface area contributed by atoms with Crippen molar-refractivity contribution in [2.45, 2.75) is 0 Å². The Kier molecular flexibility index (Phi) is 3.86. The predicted molar refractivity (Wildman–Crippen MR) is 89.9 cm³/mol. The van der Waals surface area contributed by atoms with Crippen molar-refractivity contribution in [3.8, 4) is 22.4 Å². The van der Waals surface area contributed by atoms with Gasteiger partial charge in [0.2, 0.25) is 0 Å². The van der Waals surface area contributed by atoms with Crippen LogP contribution in [0.4, 0.5) is 0 Å². The second-order valence-corrected chi connectivity index (χ2v) is 5.61. The standard InChI is InChI=1S/C17H13ClN2S/c1-20-11-15(12-7-9-14(18)10-8-12)17(21)16(19-20)13-5-3-2-4-6-13/h2-11H,1H3. The highest BCUT2D eigenvalue weighted by Crippen LogP contribution is 2.27. The first-order chi connectivity index (χ1) is 10.1. The number of aromatic nitrogens is 2. The fourth-order valence-corrected chi connectivity index (χ4v) is 2.68. The van der Waals surface area contributed by atoms with Crippen LogP contribution in [0.15, 0.2) is 60.8 Å². The van der Waals surface area contributed by atoms with Gasteiger partial charge in [-0.3, -0.25) is 4.68 Å². The molecule has 21 heavy (non-hydrogen) atoms. The molecule has 2 aromatic carbocycles. The Bertz CT molecular complexity index is 824. The molecular formula is C17H13ClN2S. The average molecular weight is 313 g/mol. The van der Waals surface area contributed by atoms with Crippen molar-refractivity contribution in [2.75, 3.05) is 0 Å². The molecule has 4 heteroatoms. The number of benzene rings is 2. The fourth-order valence-electron chi connectivity index (χ4n) is 2.22. The zero-order valence-corrected chi connectivity index (χ0v) is 13.0. The van der Waals surface area contributed by atoms with Crippen LogP contribution in [0.3, 0.4) is 0 Å². The Morgan fingerprint density at radius 1 is 0.952 bits per heavy atom. The zero-order chi connectivity index (χ0) is 14.8. The van der Waals surface area contributed by atoms with E-state index in [2.05, 4.69) is 5.10 Å². The van der Waals surface area contributed by atoms with Crippen LogP contribution in [-0.4, -0.2) is 9.78 Å². The topological polar surface area (TPSA) is 17.8 Å². The molecule has 1 aromatic heterocycles. The first kappa shape index (κ1) is 14.0. The van der Waals surface area contributed by atoms with E-state index in [9.17, 15) is 0 Å². The van der Waals surface area contributed by atoms with Crippen LogP contribution in [0.1, 0.15) is 0 Å². The van der Waals surface area contributed by atoms with Crippen LogP contribution < -0.4 is 0 Å². The average Bonchev–Trinajstić information content (AvgIpc) is 2.51. The highest BCUT2D eigenvalue weighted by Gasteiger charge is 2.09. The van der Waals surface area contributed by atoms with E-state index >= 15 is 0 Å². The molecule has 1 heterocycles. The molecule has 0 saturated carbocycles. The lowest BCUT2D eigenvalue weighted by Gasteiger charge is -2.09. The van der Waals surface area contributed by atoms with Crippen LogP contribution in [0.25, 0.3) is 22.4 Å². The van der Waals surface area contributed by atoms with Gasteiger partial charge in [-0.1, -0.05) is 66.3 Å². The maximum atomic E-state index is 5.95. The molecule has 3 aromatic rings. The Balaban J connectivity index is 2.22. The largest absolute Gasteiger partial charge is 0.275 e. The number of halogens is 1. The van der Waals surface area contributed by atoms with Crippen LogP contribution in [0.5, 0.6) is 0 Å². The predicted octanol–water partition coefficient (Wildman–Crippen LogP) is 5.14. The second kappa shape index (κ2) is 5.80. The van der Waals surface area contributed by atoms with Crippen molar-refractivity contribution >= 4 is 23.8 Å². The highest BCUT2D eigenvalue weighted by atomic mass is 35.5. The molecule has 0 aliphatic heterocycles. The molecule has 0 amide bonds. The van der Waals surface area contributed by atoms with E-state index in [4.69, 9.17) is 23.8 Å². The van der Waals surface area contributed by atoms with E-state index in [0.717, 1.165) is 26.9 Å². The summed E-state index contributed by atoms with van der Waals surface area (Å²) in [5, 5.41) is 5.25. The third-order valence-corrected chi connectivity index (χ3v) is 3.90. The van der Waals surface area contributed by atoms with Gasteiger partial charge in [0.15, 0.2) is 0 Å². The van der Waals surface area contributed by atoms with Crippen molar-refractivity contribution in [3.05, 3.63) is 70.3 Å². The summed E-state index contributed by atoms with van der Waals surface area (Å²) in [6, 6.07) is 17.7. The first-order valence-corrected chi connectivity index (χ1v) is 7.33. The van der Waals surface area contributed by atoms with Crippen LogP contribution in [0, 0.1) is 4.51 Å². The lowest BCUT2D eigenvalue weighted by molar-refractivity contribution is 0.744. The van der Waals surface area contributed by atoms with Gasteiger partial charge in [0.25, 0.3) is 0 Å². The van der Waals surface area contributed by atoms with Crippen LogP contribution >= 0.6 is 23.8 Å². The molecule has 3 rings (SSSR count). The molecule has 0 bridgehead atoms. The number of hydrogen-bond donors (Lipinski definition) is 0. The van der Waals surface area contributed by atoms with Crippen molar-refractivity contribution in [1.82, 2.24) is 9.78 Å². The third-order valence-electron chi connectivity index (χ3n) is 3.24. The summed E-state index contributed by atoms with van der Waals surface area (Å²) < 4.78 is 2.55. The molecule has 104 valence electrons. The lowest BCUT2D eigenvalue weighted by atomic mass is 10.0. The number of rotatable bonds is 2. The molecule has 0 aliphatic carbocycles. The molecule has 0 spiro atoms. The van der Waals surface area contributed by atoms with Gasteiger partial charge in [-0.25, -0.2) is 0 Å². The number of nitrogens with zero attached hydrogens (tertiary/aromatic N) is 2. The molecule has 2 nitrogen and oxygen atoms in total. The molecule has 0 fully saturated rings. The summed E-state index contributed by atoms with van der Waals surface area (Å²) in [5.41, 5.74) is 3.87. The minimum Gasteiger partial charge on any atom is -0.275 e. The van der Waals surface area contributed by atoms with Crippen LogP contribution in [-0.2, 0) is 7.05 Å². The first-order valence-electron chi connectivity index (χ1n) is 6.54. The van der Waals surface area contributed by atoms with Crippen molar-refractivity contribution in [3.63, 3.8) is 0 Å². The summed E-state index contributed by atoms with van der Waals surface area (Å²) in [7, 11) is 1.90. The summed E-state index contributed by atoms with van der Waals surface area (Å²) in [5.74, 6) is 0. The molecule has 0 atom stereocenters. The number of hydrogen-bond acceptors (Lipinski definition) is 2. The Hall–Kier alpha value is -1.97. The maximum absolute atomic E-state index is 5.95. The Morgan fingerprint density at radius 3 is 2.29 bits per heavy atom. The van der Waals surface area contributed by atoms with Gasteiger partial charge >= 0.3 is 0 Å². The lowest BCUT2D eigenvalue weighted by Crippen LogP contribution is -2.01. The maximum Gasteiger partial charge on any atom is 0.109 e. The van der Waals surface area contributed by atoms with E-state index < -0.39 is 0 Å². The molecule has 0 aliphatic rings. The summed E-state index contributed by atoms with van der Waals surface area (Å²) in [4.78, 5) is 0. The van der Waals surface area contributed by atoms with Gasteiger partial charge < -0.3 is 0 Å². The molecule has 0 saturated heterocycles. The van der Waals surface area contributed by atoms with Crippen LogP contribution in [0.2, 0.25) is 5.02 Å². The Morgan fingerprint density at radius 2 is 1.62 bits per heavy atom. The number of aryl methyl sites for hydroxylation is 1. The van der Waals surface area contributed by atoms with Gasteiger partial charge in [-0.2, -0.15) is 5.10 Å². The minimum atomic E-state index is 0.714. The monoisotopic (exact) mass is 312 g/mol. The highest BCUT2D eigenvalue weighted by molar-refractivity contribution is 7.71. The summed E-state index contributed by atoms with van der Waals surface area (Å²) in [6.45, 7) is 0. The van der Waals surface area contributed by atoms with E-state index in [-0.39, 0.29) is 0 Å². The third kappa shape index (κ3) is 2.89. The van der Waals surface area contributed by atoms with Crippen molar-refractivity contribution in [1.29, 1.82) is 0 Å². The van der Waals surface area contributed by atoms with E-state index in [1.807, 2.05) is 67.8 Å². The normalized spacial score (nSPS) is 10.6. The van der Waals surface area contributed by atoms with Gasteiger partial charge in [0, 0.05) is 29.4 Å². The quantitative estimate of drug-likeness (QED) is 0.610. The fraction of sp³-hybridized carbons (Fsp3) is 0.0588. The van der Waals surface area contributed by atoms with Crippen molar-refractivity contribution in [2.24, 2.45) is 7.05 Å². The van der Waals surface area contributed by atoms with E-state index in [0.29, 0.717) is 5.02 Å². The molecular weight excluding hydrogens is 300 g/mol. The minimum absolute atomic E-state index is 0.714. The summed E-state index contributed by atoms with van der Waals surface area (Å²) in [6.07, 6.45) is 1.94.